The van der Waals surface area contributed by atoms with E-state index in [2.05, 4.69) is 15.1 Å². The topological polar surface area (TPSA) is 66.8 Å². The normalized spacial score (nSPS) is 19.6. The second kappa shape index (κ2) is 4.82. The van der Waals surface area contributed by atoms with Crippen LogP contribution in [0.25, 0.3) is 11.0 Å². The van der Waals surface area contributed by atoms with Crippen LogP contribution in [0.15, 0.2) is 11.0 Å². The number of halogens is 1. The lowest BCUT2D eigenvalue weighted by Gasteiger charge is -2.21. The average Bonchev–Trinajstić information content (AvgIpc) is 3.04. The van der Waals surface area contributed by atoms with Crippen molar-refractivity contribution in [2.75, 3.05) is 24.7 Å². The Morgan fingerprint density at radius 2 is 2.24 bits per heavy atom. The molecule has 1 aliphatic heterocycles. The largest absolute Gasteiger partial charge is 0.342 e. The third kappa shape index (κ3) is 2.41. The summed E-state index contributed by atoms with van der Waals surface area (Å²) in [6.45, 7) is 7.01. The SMILES string of the molecule is CC(C)(C)n1ncc2c(=O)[nH]c(N3CCC(CF)C3)nc21. The van der Waals surface area contributed by atoms with E-state index in [1.165, 1.54) is 0 Å². The van der Waals surface area contributed by atoms with E-state index in [0.717, 1.165) is 6.42 Å². The summed E-state index contributed by atoms with van der Waals surface area (Å²) in [4.78, 5) is 21.5. The Morgan fingerprint density at radius 3 is 2.86 bits per heavy atom. The Bertz CT molecular complexity index is 714. The highest BCUT2D eigenvalue weighted by atomic mass is 19.1. The second-order valence-corrected chi connectivity index (χ2v) is 6.61. The maximum Gasteiger partial charge on any atom is 0.263 e. The molecule has 21 heavy (non-hydrogen) atoms. The molecule has 0 aliphatic carbocycles. The predicted molar refractivity (Wildman–Crippen MR) is 79.4 cm³/mol. The Balaban J connectivity index is 2.08. The van der Waals surface area contributed by atoms with E-state index in [1.807, 2.05) is 25.7 Å². The molecule has 1 aliphatic rings. The first-order valence-electron chi connectivity index (χ1n) is 7.19. The van der Waals surface area contributed by atoms with Crippen LogP contribution in [0.5, 0.6) is 0 Å². The van der Waals surface area contributed by atoms with Crippen molar-refractivity contribution in [3.63, 3.8) is 0 Å². The van der Waals surface area contributed by atoms with Gasteiger partial charge in [0.2, 0.25) is 5.95 Å². The lowest BCUT2D eigenvalue weighted by atomic mass is 10.1. The molecule has 0 saturated carbocycles. The Morgan fingerprint density at radius 1 is 1.48 bits per heavy atom. The van der Waals surface area contributed by atoms with Gasteiger partial charge in [0.1, 0.15) is 5.39 Å². The number of H-pyrrole nitrogens is 1. The van der Waals surface area contributed by atoms with Crippen LogP contribution in [0.1, 0.15) is 27.2 Å². The number of aromatic nitrogens is 4. The smallest absolute Gasteiger partial charge is 0.263 e. The maximum atomic E-state index is 12.8. The molecular weight excluding hydrogens is 273 g/mol. The molecule has 0 aromatic carbocycles. The number of hydrogen-bond acceptors (Lipinski definition) is 4. The van der Waals surface area contributed by atoms with Gasteiger partial charge in [-0.2, -0.15) is 10.1 Å². The monoisotopic (exact) mass is 293 g/mol. The minimum Gasteiger partial charge on any atom is -0.342 e. The maximum absolute atomic E-state index is 12.8. The van der Waals surface area contributed by atoms with Crippen LogP contribution in [0.2, 0.25) is 0 Å². The number of fused-ring (bicyclic) bond motifs is 1. The summed E-state index contributed by atoms with van der Waals surface area (Å²) >= 11 is 0. The highest BCUT2D eigenvalue weighted by molar-refractivity contribution is 5.74. The highest BCUT2D eigenvalue weighted by Crippen LogP contribution is 2.23. The summed E-state index contributed by atoms with van der Waals surface area (Å²) in [5, 5.41) is 4.76. The fourth-order valence-corrected chi connectivity index (χ4v) is 2.70. The van der Waals surface area contributed by atoms with E-state index in [1.54, 1.807) is 10.9 Å². The standard InChI is InChI=1S/C14H20FN5O/c1-14(2,3)20-11-10(7-16-20)12(21)18-13(17-11)19-5-4-9(6-15)8-19/h7,9H,4-6,8H2,1-3H3,(H,17,18,21). The molecule has 0 radical (unpaired) electrons. The van der Waals surface area contributed by atoms with E-state index in [0.29, 0.717) is 30.1 Å². The quantitative estimate of drug-likeness (QED) is 0.914. The predicted octanol–water partition coefficient (Wildman–Crippen LogP) is 1.67. The first-order valence-corrected chi connectivity index (χ1v) is 7.19. The molecule has 3 rings (SSSR count). The van der Waals surface area contributed by atoms with E-state index >= 15 is 0 Å². The summed E-state index contributed by atoms with van der Waals surface area (Å²) in [5.41, 5.74) is 0.117. The third-order valence-corrected chi connectivity index (χ3v) is 3.86. The molecule has 114 valence electrons. The van der Waals surface area contributed by atoms with Gasteiger partial charge in [0.15, 0.2) is 5.65 Å². The Kier molecular flexibility index (Phi) is 3.22. The van der Waals surface area contributed by atoms with Crippen molar-refractivity contribution in [1.29, 1.82) is 0 Å². The highest BCUT2D eigenvalue weighted by Gasteiger charge is 2.26. The van der Waals surface area contributed by atoms with E-state index in [-0.39, 0.29) is 23.7 Å². The van der Waals surface area contributed by atoms with Crippen LogP contribution in [0, 0.1) is 5.92 Å². The van der Waals surface area contributed by atoms with Gasteiger partial charge in [-0.1, -0.05) is 0 Å². The lowest BCUT2D eigenvalue weighted by molar-refractivity contribution is 0.366. The van der Waals surface area contributed by atoms with Crippen LogP contribution in [-0.2, 0) is 5.54 Å². The van der Waals surface area contributed by atoms with Gasteiger partial charge in [-0.3, -0.25) is 14.2 Å². The molecule has 7 heteroatoms. The third-order valence-electron chi connectivity index (χ3n) is 3.86. The molecule has 1 fully saturated rings. The minimum absolute atomic E-state index is 0.0264. The number of alkyl halides is 1. The van der Waals surface area contributed by atoms with E-state index in [9.17, 15) is 9.18 Å². The molecule has 1 saturated heterocycles. The molecule has 2 aromatic rings. The zero-order valence-corrected chi connectivity index (χ0v) is 12.6. The molecule has 2 aromatic heterocycles. The Hall–Kier alpha value is -1.92. The van der Waals surface area contributed by atoms with Crippen molar-refractivity contribution in [2.45, 2.75) is 32.7 Å². The van der Waals surface area contributed by atoms with Crippen molar-refractivity contribution in [3.05, 3.63) is 16.6 Å². The Labute approximate surface area is 122 Å². The fourth-order valence-electron chi connectivity index (χ4n) is 2.70. The summed E-state index contributed by atoms with van der Waals surface area (Å²) in [6, 6.07) is 0. The first kappa shape index (κ1) is 14.0. The zero-order chi connectivity index (χ0) is 15.2. The molecular formula is C14H20FN5O. The van der Waals surface area contributed by atoms with Crippen LogP contribution >= 0.6 is 0 Å². The van der Waals surface area contributed by atoms with Gasteiger partial charge >= 0.3 is 0 Å². The summed E-state index contributed by atoms with van der Waals surface area (Å²) in [7, 11) is 0. The zero-order valence-electron chi connectivity index (χ0n) is 12.6. The second-order valence-electron chi connectivity index (χ2n) is 6.61. The first-order chi connectivity index (χ1) is 9.90. The van der Waals surface area contributed by atoms with Crippen molar-refractivity contribution in [2.24, 2.45) is 5.92 Å². The molecule has 0 bridgehead atoms. The van der Waals surface area contributed by atoms with Crippen LogP contribution in [0.3, 0.4) is 0 Å². The average molecular weight is 293 g/mol. The fraction of sp³-hybridized carbons (Fsp3) is 0.643. The molecule has 0 spiro atoms. The van der Waals surface area contributed by atoms with E-state index < -0.39 is 0 Å². The summed E-state index contributed by atoms with van der Waals surface area (Å²) < 4.78 is 14.5. The number of rotatable bonds is 2. The molecule has 3 heterocycles. The summed E-state index contributed by atoms with van der Waals surface area (Å²) in [5.74, 6) is 0.535. The van der Waals surface area contributed by atoms with Crippen molar-refractivity contribution in [1.82, 2.24) is 19.7 Å². The molecule has 1 N–H and O–H groups in total. The van der Waals surface area contributed by atoms with Gasteiger partial charge in [0.25, 0.3) is 5.56 Å². The van der Waals surface area contributed by atoms with Crippen molar-refractivity contribution in [3.8, 4) is 0 Å². The van der Waals surface area contributed by atoms with Gasteiger partial charge in [-0.15, -0.1) is 0 Å². The summed E-state index contributed by atoms with van der Waals surface area (Å²) in [6.07, 6.45) is 2.33. The van der Waals surface area contributed by atoms with E-state index in [4.69, 9.17) is 0 Å². The van der Waals surface area contributed by atoms with Gasteiger partial charge in [0, 0.05) is 19.0 Å². The number of aromatic amines is 1. The van der Waals surface area contributed by atoms with Crippen molar-refractivity contribution < 1.29 is 4.39 Å². The van der Waals surface area contributed by atoms with Crippen LogP contribution in [0.4, 0.5) is 10.3 Å². The molecule has 1 atom stereocenters. The van der Waals surface area contributed by atoms with Gasteiger partial charge < -0.3 is 4.90 Å². The lowest BCUT2D eigenvalue weighted by Crippen LogP contribution is -2.27. The molecule has 0 amide bonds. The van der Waals surface area contributed by atoms with Crippen molar-refractivity contribution >= 4 is 17.0 Å². The number of nitrogens with zero attached hydrogens (tertiary/aromatic N) is 4. The number of anilines is 1. The van der Waals surface area contributed by atoms with Gasteiger partial charge in [-0.25, -0.2) is 4.68 Å². The number of nitrogens with one attached hydrogen (secondary N) is 1. The number of hydrogen-bond donors (Lipinski definition) is 1. The minimum atomic E-state index is -0.330. The van der Waals surface area contributed by atoms with Gasteiger partial charge in [0.05, 0.1) is 18.4 Å². The van der Waals surface area contributed by atoms with Crippen LogP contribution in [-0.4, -0.2) is 39.5 Å². The molecule has 1 unspecified atom stereocenters. The van der Waals surface area contributed by atoms with Gasteiger partial charge in [-0.05, 0) is 27.2 Å². The molecule has 6 nitrogen and oxygen atoms in total. The van der Waals surface area contributed by atoms with Crippen LogP contribution < -0.4 is 10.5 Å².